The van der Waals surface area contributed by atoms with Gasteiger partial charge in [-0.3, -0.25) is 0 Å². The van der Waals surface area contributed by atoms with Crippen molar-refractivity contribution >= 4 is 0 Å². The first-order chi connectivity index (χ1) is 4.39. The summed E-state index contributed by atoms with van der Waals surface area (Å²) in [6.45, 7) is 11.0. The molecule has 0 bridgehead atoms. The van der Waals surface area contributed by atoms with Crippen molar-refractivity contribution in [2.75, 3.05) is 0 Å². The predicted octanol–water partition coefficient (Wildman–Crippen LogP) is 2.41. The summed E-state index contributed by atoms with van der Waals surface area (Å²) in [4.78, 5) is 0. The van der Waals surface area contributed by atoms with Crippen LogP contribution in [0.3, 0.4) is 0 Å². The zero-order chi connectivity index (χ0) is 8.36. The van der Waals surface area contributed by atoms with Crippen molar-refractivity contribution in [3.05, 3.63) is 0 Å². The molecule has 1 unspecified atom stereocenters. The van der Waals surface area contributed by atoms with E-state index in [1.165, 1.54) is 6.42 Å². The number of hydrogen-bond donors (Lipinski definition) is 1. The predicted molar refractivity (Wildman–Crippen MR) is 46.9 cm³/mol. The fourth-order valence-electron chi connectivity index (χ4n) is 1.11. The van der Waals surface area contributed by atoms with E-state index in [1.54, 1.807) is 0 Å². The molecular weight excluding hydrogens is 122 g/mol. The van der Waals surface area contributed by atoms with Crippen LogP contribution >= 0.6 is 0 Å². The lowest BCUT2D eigenvalue weighted by Gasteiger charge is -2.31. The second-order valence-electron chi connectivity index (χ2n) is 4.28. The maximum atomic E-state index is 6.00. The van der Waals surface area contributed by atoms with Crippen LogP contribution in [0.5, 0.6) is 0 Å². The van der Waals surface area contributed by atoms with E-state index in [-0.39, 0.29) is 5.41 Å². The Morgan fingerprint density at radius 3 is 1.80 bits per heavy atom. The van der Waals surface area contributed by atoms with Crippen LogP contribution in [0.25, 0.3) is 0 Å². The first-order valence-electron chi connectivity index (χ1n) is 4.15. The fraction of sp³-hybridized carbons (Fsp3) is 1.00. The molecule has 2 atom stereocenters. The Bertz CT molecular complexity index is 91.4. The summed E-state index contributed by atoms with van der Waals surface area (Å²) < 4.78 is 0. The van der Waals surface area contributed by atoms with Gasteiger partial charge >= 0.3 is 0 Å². The molecule has 0 saturated heterocycles. The van der Waals surface area contributed by atoms with Crippen LogP contribution in [-0.4, -0.2) is 6.04 Å². The number of nitrogens with two attached hydrogens (primary N) is 1. The SMILES string of the molecule is CCC(C)[C@H](N)C(C)(C)C. The molecule has 2 N–H and O–H groups in total. The molecule has 0 amide bonds. The minimum absolute atomic E-state index is 0.259. The van der Waals surface area contributed by atoms with Crippen LogP contribution in [0.15, 0.2) is 0 Å². The van der Waals surface area contributed by atoms with Crippen LogP contribution in [-0.2, 0) is 0 Å². The molecule has 0 aromatic carbocycles. The van der Waals surface area contributed by atoms with Crippen molar-refractivity contribution in [1.82, 2.24) is 0 Å². The highest BCUT2D eigenvalue weighted by Gasteiger charge is 2.24. The summed E-state index contributed by atoms with van der Waals surface area (Å²) in [5, 5.41) is 0. The summed E-state index contributed by atoms with van der Waals surface area (Å²) in [6, 6.07) is 0.331. The number of rotatable bonds is 2. The smallest absolute Gasteiger partial charge is 0.0113 e. The van der Waals surface area contributed by atoms with Crippen molar-refractivity contribution in [2.45, 2.75) is 47.1 Å². The van der Waals surface area contributed by atoms with Crippen molar-refractivity contribution < 1.29 is 0 Å². The van der Waals surface area contributed by atoms with Crippen molar-refractivity contribution in [2.24, 2.45) is 17.1 Å². The van der Waals surface area contributed by atoms with E-state index < -0.39 is 0 Å². The van der Waals surface area contributed by atoms with Gasteiger partial charge in [0, 0.05) is 6.04 Å². The maximum absolute atomic E-state index is 6.00. The molecule has 0 aromatic heterocycles. The second-order valence-corrected chi connectivity index (χ2v) is 4.28. The zero-order valence-electron chi connectivity index (χ0n) is 7.94. The van der Waals surface area contributed by atoms with Gasteiger partial charge in [-0.05, 0) is 11.3 Å². The molecule has 0 aliphatic carbocycles. The lowest BCUT2D eigenvalue weighted by Crippen LogP contribution is -2.40. The molecule has 0 fully saturated rings. The molecule has 1 nitrogen and oxygen atoms in total. The van der Waals surface area contributed by atoms with Crippen molar-refractivity contribution in [3.63, 3.8) is 0 Å². The van der Waals surface area contributed by atoms with Crippen LogP contribution in [0.4, 0.5) is 0 Å². The van der Waals surface area contributed by atoms with Gasteiger partial charge in [-0.15, -0.1) is 0 Å². The van der Waals surface area contributed by atoms with Gasteiger partial charge in [0.2, 0.25) is 0 Å². The van der Waals surface area contributed by atoms with Crippen LogP contribution in [0.2, 0.25) is 0 Å². The molecule has 0 heterocycles. The van der Waals surface area contributed by atoms with E-state index in [2.05, 4.69) is 34.6 Å². The third-order valence-corrected chi connectivity index (χ3v) is 2.26. The van der Waals surface area contributed by atoms with Crippen molar-refractivity contribution in [1.29, 1.82) is 0 Å². The molecule has 0 aliphatic heterocycles. The van der Waals surface area contributed by atoms with Gasteiger partial charge in [0.15, 0.2) is 0 Å². The average Bonchev–Trinajstić information content (AvgIpc) is 1.83. The van der Waals surface area contributed by atoms with Gasteiger partial charge in [0.25, 0.3) is 0 Å². The Morgan fingerprint density at radius 2 is 1.70 bits per heavy atom. The Morgan fingerprint density at radius 1 is 1.30 bits per heavy atom. The van der Waals surface area contributed by atoms with Crippen LogP contribution < -0.4 is 5.73 Å². The summed E-state index contributed by atoms with van der Waals surface area (Å²) in [6.07, 6.45) is 1.18. The third kappa shape index (κ3) is 2.70. The molecular formula is C9H21N. The van der Waals surface area contributed by atoms with Crippen LogP contribution in [0.1, 0.15) is 41.0 Å². The molecule has 0 aliphatic rings. The average molecular weight is 143 g/mol. The molecule has 0 radical (unpaired) electrons. The molecule has 62 valence electrons. The van der Waals surface area contributed by atoms with E-state index in [9.17, 15) is 0 Å². The first-order valence-corrected chi connectivity index (χ1v) is 4.15. The Kier molecular flexibility index (Phi) is 3.37. The van der Waals surface area contributed by atoms with Gasteiger partial charge in [-0.1, -0.05) is 41.0 Å². The van der Waals surface area contributed by atoms with Crippen LogP contribution in [0, 0.1) is 11.3 Å². The highest BCUT2D eigenvalue weighted by molar-refractivity contribution is 4.80. The third-order valence-electron chi connectivity index (χ3n) is 2.26. The lowest BCUT2D eigenvalue weighted by molar-refractivity contribution is 0.244. The highest BCUT2D eigenvalue weighted by atomic mass is 14.7. The molecule has 1 heteroatoms. The van der Waals surface area contributed by atoms with Gasteiger partial charge in [-0.2, -0.15) is 0 Å². The van der Waals surface area contributed by atoms with E-state index in [1.807, 2.05) is 0 Å². The Labute approximate surface area is 65.0 Å². The molecule has 0 rings (SSSR count). The van der Waals surface area contributed by atoms with E-state index >= 15 is 0 Å². The first kappa shape index (κ1) is 9.96. The molecule has 10 heavy (non-hydrogen) atoms. The molecule has 0 aromatic rings. The monoisotopic (exact) mass is 143 g/mol. The summed E-state index contributed by atoms with van der Waals surface area (Å²) in [5.41, 5.74) is 6.26. The quantitative estimate of drug-likeness (QED) is 0.631. The zero-order valence-corrected chi connectivity index (χ0v) is 7.94. The summed E-state index contributed by atoms with van der Waals surface area (Å²) in [7, 11) is 0. The van der Waals surface area contributed by atoms with Gasteiger partial charge < -0.3 is 5.73 Å². The van der Waals surface area contributed by atoms with Gasteiger partial charge in [-0.25, -0.2) is 0 Å². The molecule has 0 saturated carbocycles. The van der Waals surface area contributed by atoms with Gasteiger partial charge in [0.1, 0.15) is 0 Å². The fourth-order valence-corrected chi connectivity index (χ4v) is 1.11. The van der Waals surface area contributed by atoms with Crippen molar-refractivity contribution in [3.8, 4) is 0 Å². The van der Waals surface area contributed by atoms with E-state index in [0.29, 0.717) is 12.0 Å². The Balaban J connectivity index is 3.94. The minimum Gasteiger partial charge on any atom is -0.327 e. The Hall–Kier alpha value is -0.0400. The normalized spacial score (nSPS) is 18.6. The topological polar surface area (TPSA) is 26.0 Å². The largest absolute Gasteiger partial charge is 0.327 e. The number of hydrogen-bond acceptors (Lipinski definition) is 1. The van der Waals surface area contributed by atoms with Gasteiger partial charge in [0.05, 0.1) is 0 Å². The lowest BCUT2D eigenvalue weighted by atomic mass is 9.79. The van der Waals surface area contributed by atoms with E-state index in [0.717, 1.165) is 0 Å². The maximum Gasteiger partial charge on any atom is 0.0113 e. The van der Waals surface area contributed by atoms with E-state index in [4.69, 9.17) is 5.73 Å². The minimum atomic E-state index is 0.259. The standard InChI is InChI=1S/C9H21N/c1-6-7(2)8(10)9(3,4)5/h7-8H,6,10H2,1-5H3/t7?,8-/m0/s1. The summed E-state index contributed by atoms with van der Waals surface area (Å²) in [5.74, 6) is 0.639. The second kappa shape index (κ2) is 3.38. The highest BCUT2D eigenvalue weighted by Crippen LogP contribution is 2.24. The summed E-state index contributed by atoms with van der Waals surface area (Å²) >= 11 is 0. The molecule has 0 spiro atoms.